The van der Waals surface area contributed by atoms with E-state index >= 15 is 0 Å². The first-order valence-corrected chi connectivity index (χ1v) is 5.44. The van der Waals surface area contributed by atoms with Crippen molar-refractivity contribution in [3.63, 3.8) is 0 Å². The van der Waals surface area contributed by atoms with Crippen LogP contribution in [0.3, 0.4) is 0 Å². The van der Waals surface area contributed by atoms with E-state index in [1.165, 1.54) is 5.56 Å². The molecule has 5 heteroatoms. The first-order chi connectivity index (χ1) is 8.28. The summed E-state index contributed by atoms with van der Waals surface area (Å²) < 4.78 is 1.74. The minimum absolute atomic E-state index is 0.0734. The van der Waals surface area contributed by atoms with Crippen molar-refractivity contribution in [1.29, 1.82) is 0 Å². The topological polar surface area (TPSA) is 62.8 Å². The maximum Gasteiger partial charge on any atom is 0.190 e. The molecule has 1 unspecified atom stereocenters. The Balaban J connectivity index is 2.03. The Kier molecular flexibility index (Phi) is 2.26. The summed E-state index contributed by atoms with van der Waals surface area (Å²) >= 11 is 0. The molecule has 1 aromatic carbocycles. The van der Waals surface area contributed by atoms with Gasteiger partial charge >= 0.3 is 0 Å². The molecule has 0 saturated heterocycles. The van der Waals surface area contributed by atoms with Crippen LogP contribution < -0.4 is 0 Å². The minimum atomic E-state index is -0.204. The van der Waals surface area contributed by atoms with E-state index in [4.69, 9.17) is 5.11 Å². The molecule has 86 valence electrons. The first kappa shape index (κ1) is 10.2. The van der Waals surface area contributed by atoms with E-state index < -0.39 is 0 Å². The van der Waals surface area contributed by atoms with Crippen LogP contribution in [-0.4, -0.2) is 14.9 Å². The van der Waals surface area contributed by atoms with Gasteiger partial charge < -0.3 is 5.11 Å². The van der Waals surface area contributed by atoms with E-state index in [2.05, 4.69) is 21.4 Å². The van der Waals surface area contributed by atoms with E-state index in [1.807, 2.05) is 25.1 Å². The third-order valence-corrected chi connectivity index (χ3v) is 2.77. The second kappa shape index (κ2) is 3.78. The number of aliphatic hydroxyl groups is 1. The summed E-state index contributed by atoms with van der Waals surface area (Å²) in [5.74, 6) is 0.695. The molecule has 3 rings (SSSR count). The van der Waals surface area contributed by atoms with E-state index in [9.17, 15) is 0 Å². The molecule has 0 amide bonds. The fourth-order valence-electron chi connectivity index (χ4n) is 1.97. The van der Waals surface area contributed by atoms with Crippen molar-refractivity contribution in [3.8, 4) is 0 Å². The Morgan fingerprint density at radius 2 is 2.24 bits per heavy atom. The van der Waals surface area contributed by atoms with Crippen LogP contribution in [0.15, 0.2) is 40.6 Å². The molecule has 1 aliphatic rings. The largest absolute Gasteiger partial charge is 0.390 e. The van der Waals surface area contributed by atoms with Crippen molar-refractivity contribution in [2.45, 2.75) is 19.7 Å². The van der Waals surface area contributed by atoms with Crippen molar-refractivity contribution < 1.29 is 5.11 Å². The van der Waals surface area contributed by atoms with Crippen LogP contribution in [0, 0.1) is 6.92 Å². The summed E-state index contributed by atoms with van der Waals surface area (Å²) in [6.45, 7) is 1.97. The van der Waals surface area contributed by atoms with Crippen LogP contribution in [0.1, 0.15) is 23.0 Å². The van der Waals surface area contributed by atoms with Gasteiger partial charge in [-0.3, -0.25) is 0 Å². The van der Waals surface area contributed by atoms with Crippen molar-refractivity contribution in [2.24, 2.45) is 10.2 Å². The van der Waals surface area contributed by atoms with Gasteiger partial charge in [0.05, 0.1) is 12.3 Å². The Bertz CT molecular complexity index is 588. The number of aromatic nitrogens is 2. The zero-order valence-electron chi connectivity index (χ0n) is 9.41. The van der Waals surface area contributed by atoms with E-state index in [1.54, 1.807) is 10.7 Å². The maximum atomic E-state index is 9.05. The number of hydrogen-bond acceptors (Lipinski definition) is 4. The van der Waals surface area contributed by atoms with Crippen LogP contribution in [0.25, 0.3) is 0 Å². The fraction of sp³-hybridized carbons (Fsp3) is 0.250. The molecular weight excluding hydrogens is 216 g/mol. The molecule has 0 aliphatic carbocycles. The van der Waals surface area contributed by atoms with Gasteiger partial charge in [0.1, 0.15) is 0 Å². The van der Waals surface area contributed by atoms with Gasteiger partial charge in [-0.1, -0.05) is 29.8 Å². The van der Waals surface area contributed by atoms with Crippen LogP contribution in [-0.2, 0) is 6.61 Å². The summed E-state index contributed by atoms with van der Waals surface area (Å²) in [5, 5.41) is 21.6. The van der Waals surface area contributed by atoms with Gasteiger partial charge in [0.25, 0.3) is 0 Å². The van der Waals surface area contributed by atoms with E-state index in [0.717, 1.165) is 5.56 Å². The number of azo groups is 1. The number of fused-ring (bicyclic) bond motifs is 1. The molecule has 17 heavy (non-hydrogen) atoms. The molecule has 1 aromatic heterocycles. The van der Waals surface area contributed by atoms with Crippen molar-refractivity contribution in [3.05, 3.63) is 47.2 Å². The van der Waals surface area contributed by atoms with E-state index in [-0.39, 0.29) is 12.8 Å². The molecule has 0 fully saturated rings. The normalized spacial score (nSPS) is 17.4. The maximum absolute atomic E-state index is 9.05. The van der Waals surface area contributed by atoms with Crippen LogP contribution >= 0.6 is 0 Å². The SMILES string of the molecule is Cc1cccc(C2N=Nc3cc(CO)nn32)c1. The summed E-state index contributed by atoms with van der Waals surface area (Å²) in [6, 6.07) is 9.86. The van der Waals surface area contributed by atoms with Crippen LogP contribution in [0.4, 0.5) is 5.82 Å². The molecular formula is C12H12N4O. The zero-order chi connectivity index (χ0) is 11.8. The predicted octanol–water partition coefficient (Wildman–Crippen LogP) is 2.33. The van der Waals surface area contributed by atoms with Gasteiger partial charge in [0.2, 0.25) is 0 Å². The second-order valence-corrected chi connectivity index (χ2v) is 4.10. The van der Waals surface area contributed by atoms with E-state index in [0.29, 0.717) is 11.5 Å². The minimum Gasteiger partial charge on any atom is -0.390 e. The number of hydrogen-bond donors (Lipinski definition) is 1. The summed E-state index contributed by atoms with van der Waals surface area (Å²) in [7, 11) is 0. The first-order valence-electron chi connectivity index (χ1n) is 5.44. The molecule has 1 atom stereocenters. The number of benzene rings is 1. The number of rotatable bonds is 2. The molecule has 0 spiro atoms. The molecule has 2 aromatic rings. The Morgan fingerprint density at radius 3 is 3.00 bits per heavy atom. The third kappa shape index (κ3) is 1.64. The molecule has 0 radical (unpaired) electrons. The Labute approximate surface area is 98.4 Å². The van der Waals surface area contributed by atoms with Gasteiger partial charge in [0.15, 0.2) is 12.0 Å². The Morgan fingerprint density at radius 1 is 1.35 bits per heavy atom. The molecule has 0 bridgehead atoms. The summed E-state index contributed by atoms with van der Waals surface area (Å²) in [4.78, 5) is 0. The highest BCUT2D eigenvalue weighted by Crippen LogP contribution is 2.33. The second-order valence-electron chi connectivity index (χ2n) is 4.10. The number of aryl methyl sites for hydroxylation is 1. The monoisotopic (exact) mass is 228 g/mol. The zero-order valence-corrected chi connectivity index (χ0v) is 9.41. The highest BCUT2D eigenvalue weighted by Gasteiger charge is 2.23. The molecule has 1 aliphatic heterocycles. The van der Waals surface area contributed by atoms with Gasteiger partial charge in [-0.2, -0.15) is 10.2 Å². The van der Waals surface area contributed by atoms with Crippen molar-refractivity contribution >= 4 is 5.82 Å². The average molecular weight is 228 g/mol. The highest BCUT2D eigenvalue weighted by molar-refractivity contribution is 5.36. The lowest BCUT2D eigenvalue weighted by Gasteiger charge is -2.09. The van der Waals surface area contributed by atoms with Gasteiger partial charge in [-0.15, -0.1) is 5.11 Å². The van der Waals surface area contributed by atoms with Crippen LogP contribution in [0.5, 0.6) is 0 Å². The van der Waals surface area contributed by atoms with Gasteiger partial charge in [-0.25, -0.2) is 4.68 Å². The smallest absolute Gasteiger partial charge is 0.190 e. The molecule has 2 heterocycles. The van der Waals surface area contributed by atoms with Crippen LogP contribution in [0.2, 0.25) is 0 Å². The predicted molar refractivity (Wildman–Crippen MR) is 62.0 cm³/mol. The number of nitrogens with zero attached hydrogens (tertiary/aromatic N) is 4. The lowest BCUT2D eigenvalue weighted by atomic mass is 10.1. The highest BCUT2D eigenvalue weighted by atomic mass is 16.3. The lowest BCUT2D eigenvalue weighted by molar-refractivity contribution is 0.274. The standard InChI is InChI=1S/C12H12N4O/c1-8-3-2-4-9(5-8)12-14-13-11-6-10(7-17)15-16(11)12/h2-6,12,17H,7H2,1H3. The van der Waals surface area contributed by atoms with Crippen molar-refractivity contribution in [2.75, 3.05) is 0 Å². The van der Waals surface area contributed by atoms with Gasteiger partial charge in [-0.05, 0) is 6.92 Å². The summed E-state index contributed by atoms with van der Waals surface area (Å²) in [5.41, 5.74) is 2.86. The fourth-order valence-corrected chi connectivity index (χ4v) is 1.97. The van der Waals surface area contributed by atoms with Crippen molar-refractivity contribution in [1.82, 2.24) is 9.78 Å². The average Bonchev–Trinajstić information content (AvgIpc) is 2.87. The quantitative estimate of drug-likeness (QED) is 0.857. The molecule has 1 N–H and O–H groups in total. The Hall–Kier alpha value is -2.01. The summed E-state index contributed by atoms with van der Waals surface area (Å²) in [6.07, 6.45) is -0.204. The van der Waals surface area contributed by atoms with Gasteiger partial charge in [0, 0.05) is 11.6 Å². The number of aliphatic hydroxyl groups excluding tert-OH is 1. The molecule has 0 saturated carbocycles. The molecule has 5 nitrogen and oxygen atoms in total. The lowest BCUT2D eigenvalue weighted by Crippen LogP contribution is -2.06. The third-order valence-electron chi connectivity index (χ3n) is 2.77.